The van der Waals surface area contributed by atoms with Crippen LogP contribution in [-0.2, 0) is 0 Å². The van der Waals surface area contributed by atoms with Crippen LogP contribution in [0.1, 0.15) is 0 Å². The maximum Gasteiger partial charge on any atom is 0.276 e. The molecule has 3 rings (SSSR count). The van der Waals surface area contributed by atoms with Gasteiger partial charge in [0.2, 0.25) is 5.82 Å². The van der Waals surface area contributed by atoms with Gasteiger partial charge in [0.1, 0.15) is 11.5 Å². The van der Waals surface area contributed by atoms with Gasteiger partial charge in [0.05, 0.1) is 6.20 Å². The molecule has 19 heavy (non-hydrogen) atoms. The fourth-order valence-corrected chi connectivity index (χ4v) is 1.58. The summed E-state index contributed by atoms with van der Waals surface area (Å²) in [6.07, 6.45) is 1.10. The molecule has 6 heteroatoms. The van der Waals surface area contributed by atoms with Crippen molar-refractivity contribution in [2.24, 2.45) is 0 Å². The molecule has 94 valence electrons. The number of hydrogen-bond acceptors (Lipinski definition) is 5. The summed E-state index contributed by atoms with van der Waals surface area (Å²) in [5, 5.41) is 3.85. The molecule has 0 amide bonds. The number of hydrogen-bond donors (Lipinski definition) is 1. The highest BCUT2D eigenvalue weighted by Crippen LogP contribution is 2.21. The summed E-state index contributed by atoms with van der Waals surface area (Å²) in [5.74, 6) is 0.259. The number of nitrogens with zero attached hydrogens (tertiary/aromatic N) is 3. The number of halogens is 1. The number of rotatable bonds is 2. The highest BCUT2D eigenvalue weighted by atomic mass is 19.1. The van der Waals surface area contributed by atoms with Gasteiger partial charge in [-0.05, 0) is 36.4 Å². The van der Waals surface area contributed by atoms with Crippen LogP contribution in [-0.4, -0.2) is 15.1 Å². The summed E-state index contributed by atoms with van der Waals surface area (Å²) in [5.41, 5.74) is 7.48. The Morgan fingerprint density at radius 1 is 1.05 bits per heavy atom. The van der Waals surface area contributed by atoms with E-state index in [0.717, 1.165) is 11.8 Å². The number of aromatic nitrogens is 3. The lowest BCUT2D eigenvalue weighted by molar-refractivity contribution is 0.431. The predicted molar refractivity (Wildman–Crippen MR) is 67.3 cm³/mol. The first-order valence-corrected chi connectivity index (χ1v) is 5.54. The van der Waals surface area contributed by atoms with Gasteiger partial charge in [0, 0.05) is 11.3 Å². The molecule has 0 atom stereocenters. The van der Waals surface area contributed by atoms with E-state index in [2.05, 4.69) is 15.1 Å². The minimum Gasteiger partial charge on any atom is -0.399 e. The SMILES string of the molecule is Nc1ccc(-c2noc(-c3ccc(F)cn3)n2)cc1. The zero-order chi connectivity index (χ0) is 13.2. The molecule has 5 nitrogen and oxygen atoms in total. The van der Waals surface area contributed by atoms with Crippen LogP contribution in [0, 0.1) is 5.82 Å². The van der Waals surface area contributed by atoms with E-state index in [1.54, 1.807) is 24.3 Å². The smallest absolute Gasteiger partial charge is 0.276 e. The third kappa shape index (κ3) is 2.28. The standard InChI is InChI=1S/C13H9FN4O/c14-9-3-6-11(16-7-9)13-17-12(18-19-13)8-1-4-10(15)5-2-8/h1-7H,15H2. The predicted octanol–water partition coefficient (Wildman–Crippen LogP) is 2.52. The summed E-state index contributed by atoms with van der Waals surface area (Å²) < 4.78 is 17.9. The van der Waals surface area contributed by atoms with Crippen LogP contribution in [0.2, 0.25) is 0 Å². The topological polar surface area (TPSA) is 77.8 Å². The van der Waals surface area contributed by atoms with E-state index in [0.29, 0.717) is 17.2 Å². The molecule has 2 N–H and O–H groups in total. The molecule has 2 aromatic heterocycles. The minimum absolute atomic E-state index is 0.242. The van der Waals surface area contributed by atoms with Gasteiger partial charge < -0.3 is 10.3 Å². The van der Waals surface area contributed by atoms with E-state index < -0.39 is 5.82 Å². The molecule has 0 radical (unpaired) electrons. The first-order chi connectivity index (χ1) is 9.22. The lowest BCUT2D eigenvalue weighted by Gasteiger charge is -1.94. The van der Waals surface area contributed by atoms with Crippen LogP contribution in [0.25, 0.3) is 23.0 Å². The Bertz CT molecular complexity index is 631. The van der Waals surface area contributed by atoms with Gasteiger partial charge in [-0.3, -0.25) is 0 Å². The zero-order valence-electron chi connectivity index (χ0n) is 9.75. The fraction of sp³-hybridized carbons (Fsp3) is 0. The van der Waals surface area contributed by atoms with E-state index in [4.69, 9.17) is 10.3 Å². The van der Waals surface area contributed by atoms with Gasteiger partial charge in [0.15, 0.2) is 0 Å². The quantitative estimate of drug-likeness (QED) is 0.713. The molecule has 0 saturated carbocycles. The number of benzene rings is 1. The van der Waals surface area contributed by atoms with Crippen molar-refractivity contribution in [2.75, 3.05) is 5.73 Å². The van der Waals surface area contributed by atoms with Gasteiger partial charge >= 0.3 is 0 Å². The van der Waals surface area contributed by atoms with E-state index in [1.165, 1.54) is 12.1 Å². The Balaban J connectivity index is 1.95. The monoisotopic (exact) mass is 256 g/mol. The van der Waals surface area contributed by atoms with Crippen LogP contribution in [0.3, 0.4) is 0 Å². The average molecular weight is 256 g/mol. The molecule has 0 spiro atoms. The number of pyridine rings is 1. The Morgan fingerprint density at radius 2 is 1.84 bits per heavy atom. The lowest BCUT2D eigenvalue weighted by atomic mass is 10.2. The number of nitrogens with two attached hydrogens (primary N) is 1. The third-order valence-electron chi connectivity index (χ3n) is 2.54. The minimum atomic E-state index is -0.415. The zero-order valence-corrected chi connectivity index (χ0v) is 9.75. The number of anilines is 1. The summed E-state index contributed by atoms with van der Waals surface area (Å²) in [6.45, 7) is 0. The molecule has 0 fully saturated rings. The maximum absolute atomic E-state index is 12.8. The maximum atomic E-state index is 12.8. The second-order valence-corrected chi connectivity index (χ2v) is 3.91. The molecule has 1 aromatic carbocycles. The van der Waals surface area contributed by atoms with Crippen LogP contribution in [0.4, 0.5) is 10.1 Å². The Hall–Kier alpha value is -2.76. The van der Waals surface area contributed by atoms with Crippen molar-refractivity contribution in [3.8, 4) is 23.0 Å². The van der Waals surface area contributed by atoms with E-state index in [-0.39, 0.29) is 5.89 Å². The molecular weight excluding hydrogens is 247 g/mol. The van der Waals surface area contributed by atoms with Gasteiger partial charge in [-0.2, -0.15) is 4.98 Å². The van der Waals surface area contributed by atoms with Crippen molar-refractivity contribution in [1.82, 2.24) is 15.1 Å². The molecular formula is C13H9FN4O. The molecule has 0 aliphatic heterocycles. The highest BCUT2D eigenvalue weighted by Gasteiger charge is 2.11. The summed E-state index contributed by atoms with van der Waals surface area (Å²) in [6, 6.07) is 9.86. The molecule has 0 saturated heterocycles. The molecule has 2 heterocycles. The summed E-state index contributed by atoms with van der Waals surface area (Å²) in [7, 11) is 0. The number of nitrogen functional groups attached to an aromatic ring is 1. The highest BCUT2D eigenvalue weighted by molar-refractivity contribution is 5.60. The largest absolute Gasteiger partial charge is 0.399 e. The van der Waals surface area contributed by atoms with Crippen LogP contribution in [0.15, 0.2) is 47.1 Å². The first-order valence-electron chi connectivity index (χ1n) is 5.54. The average Bonchev–Trinajstić information content (AvgIpc) is 2.90. The first kappa shape index (κ1) is 11.3. The Morgan fingerprint density at radius 3 is 2.53 bits per heavy atom. The van der Waals surface area contributed by atoms with Crippen molar-refractivity contribution in [2.45, 2.75) is 0 Å². The van der Waals surface area contributed by atoms with Crippen LogP contribution < -0.4 is 5.73 Å². The lowest BCUT2D eigenvalue weighted by Crippen LogP contribution is -1.86. The second-order valence-electron chi connectivity index (χ2n) is 3.91. The molecule has 0 unspecified atom stereocenters. The third-order valence-corrected chi connectivity index (χ3v) is 2.54. The molecule has 0 aliphatic rings. The van der Waals surface area contributed by atoms with Crippen molar-refractivity contribution in [1.29, 1.82) is 0 Å². The van der Waals surface area contributed by atoms with Gasteiger partial charge in [-0.25, -0.2) is 9.37 Å². The fourth-order valence-electron chi connectivity index (χ4n) is 1.58. The van der Waals surface area contributed by atoms with Gasteiger partial charge in [-0.15, -0.1) is 0 Å². The summed E-state index contributed by atoms with van der Waals surface area (Å²) in [4.78, 5) is 8.08. The molecule has 0 bridgehead atoms. The van der Waals surface area contributed by atoms with E-state index in [1.807, 2.05) is 0 Å². The van der Waals surface area contributed by atoms with Crippen molar-refractivity contribution >= 4 is 5.69 Å². The Kier molecular flexibility index (Phi) is 2.68. The normalized spacial score (nSPS) is 10.6. The van der Waals surface area contributed by atoms with Gasteiger partial charge in [-0.1, -0.05) is 5.16 Å². The van der Waals surface area contributed by atoms with Crippen LogP contribution >= 0.6 is 0 Å². The van der Waals surface area contributed by atoms with Crippen molar-refractivity contribution in [3.63, 3.8) is 0 Å². The van der Waals surface area contributed by atoms with Crippen molar-refractivity contribution in [3.05, 3.63) is 48.4 Å². The molecule has 0 aliphatic carbocycles. The van der Waals surface area contributed by atoms with E-state index in [9.17, 15) is 4.39 Å². The van der Waals surface area contributed by atoms with Crippen molar-refractivity contribution < 1.29 is 8.91 Å². The Labute approximate surface area is 107 Å². The van der Waals surface area contributed by atoms with Crippen LogP contribution in [0.5, 0.6) is 0 Å². The van der Waals surface area contributed by atoms with Gasteiger partial charge in [0.25, 0.3) is 5.89 Å². The molecule has 3 aromatic rings. The second kappa shape index (κ2) is 4.49. The van der Waals surface area contributed by atoms with E-state index >= 15 is 0 Å². The summed E-state index contributed by atoms with van der Waals surface area (Å²) >= 11 is 0.